The highest BCUT2D eigenvalue weighted by atomic mass is 14.9. The molecule has 2 nitrogen and oxygen atoms in total. The van der Waals surface area contributed by atoms with Gasteiger partial charge in [-0.15, -0.1) is 0 Å². The Balaban J connectivity index is 1.72. The van der Waals surface area contributed by atoms with Gasteiger partial charge in [-0.2, -0.15) is 0 Å². The number of nitrogens with zero attached hydrogens (tertiary/aromatic N) is 2. The lowest BCUT2D eigenvalue weighted by Crippen LogP contribution is -2.18. The molecular weight excluding hydrogens is 400 g/mol. The number of fused-ring (bicyclic) bond motifs is 6. The smallest absolute Gasteiger partial charge is 0.126 e. The maximum Gasteiger partial charge on any atom is 0.126 e. The Bertz CT molecular complexity index is 1570. The molecule has 1 heterocycles. The van der Waals surface area contributed by atoms with Crippen molar-refractivity contribution in [1.29, 1.82) is 0 Å². The van der Waals surface area contributed by atoms with E-state index >= 15 is 0 Å². The second kappa shape index (κ2) is 6.99. The van der Waals surface area contributed by atoms with Gasteiger partial charge in [0.15, 0.2) is 0 Å². The van der Waals surface area contributed by atoms with E-state index in [0.29, 0.717) is 5.92 Å². The second-order valence-corrected chi connectivity index (χ2v) is 10.1. The maximum atomic E-state index is 5.06. The highest BCUT2D eigenvalue weighted by Gasteiger charge is 2.40. The minimum atomic E-state index is -0.189. The summed E-state index contributed by atoms with van der Waals surface area (Å²) in [5, 5.41) is 5.17. The van der Waals surface area contributed by atoms with Gasteiger partial charge in [0.1, 0.15) is 5.82 Å². The summed E-state index contributed by atoms with van der Waals surface area (Å²) in [6.07, 6.45) is 0. The summed E-state index contributed by atoms with van der Waals surface area (Å²) in [7, 11) is 0. The average Bonchev–Trinajstić information content (AvgIpc) is 3.04. The van der Waals surface area contributed by atoms with E-state index in [1.807, 2.05) is 6.92 Å². The Kier molecular flexibility index (Phi) is 4.26. The first-order chi connectivity index (χ1) is 15.9. The molecule has 0 amide bonds. The van der Waals surface area contributed by atoms with Crippen LogP contribution >= 0.6 is 0 Å². The average molecular weight is 429 g/mol. The molecule has 0 saturated carbocycles. The van der Waals surface area contributed by atoms with Crippen LogP contribution in [-0.2, 0) is 5.41 Å². The second-order valence-electron chi connectivity index (χ2n) is 10.1. The third-order valence-electron chi connectivity index (χ3n) is 7.23. The Labute approximate surface area is 195 Å². The van der Waals surface area contributed by atoms with E-state index in [-0.39, 0.29) is 5.41 Å². The molecule has 0 unspecified atom stereocenters. The zero-order valence-corrected chi connectivity index (χ0v) is 19.9. The SMILES string of the molecule is Cc1nc(-c2cc(C(C)C)c3ccccc3c2)c2c(n1)C(C)(C)c1c-2ccc2ccccc12. The molecule has 1 aromatic heterocycles. The molecule has 0 spiro atoms. The minimum Gasteiger partial charge on any atom is -0.237 e. The molecule has 0 radical (unpaired) electrons. The number of hydrogen-bond acceptors (Lipinski definition) is 2. The molecule has 0 atom stereocenters. The van der Waals surface area contributed by atoms with Gasteiger partial charge in [0.05, 0.1) is 11.4 Å². The number of benzene rings is 4. The Morgan fingerprint density at radius 3 is 2.21 bits per heavy atom. The van der Waals surface area contributed by atoms with E-state index in [9.17, 15) is 0 Å². The van der Waals surface area contributed by atoms with E-state index in [2.05, 4.69) is 100 Å². The summed E-state index contributed by atoms with van der Waals surface area (Å²) in [6.45, 7) is 11.2. The van der Waals surface area contributed by atoms with E-state index in [1.54, 1.807) is 0 Å². The summed E-state index contributed by atoms with van der Waals surface area (Å²) in [5.41, 5.74) is 8.36. The first kappa shape index (κ1) is 20.1. The largest absolute Gasteiger partial charge is 0.237 e. The highest BCUT2D eigenvalue weighted by Crippen LogP contribution is 2.53. The molecule has 162 valence electrons. The lowest BCUT2D eigenvalue weighted by molar-refractivity contribution is 0.637. The molecular formula is C31H28N2. The van der Waals surface area contributed by atoms with Gasteiger partial charge in [0.2, 0.25) is 0 Å². The molecule has 33 heavy (non-hydrogen) atoms. The van der Waals surface area contributed by atoms with Crippen LogP contribution in [0.25, 0.3) is 43.9 Å². The highest BCUT2D eigenvalue weighted by molar-refractivity contribution is 6.01. The van der Waals surface area contributed by atoms with Gasteiger partial charge in [-0.1, -0.05) is 88.4 Å². The zero-order valence-electron chi connectivity index (χ0n) is 19.9. The molecule has 5 aromatic rings. The number of aryl methyl sites for hydroxylation is 1. The van der Waals surface area contributed by atoms with Crippen LogP contribution in [0.1, 0.15) is 56.3 Å². The predicted molar refractivity (Wildman–Crippen MR) is 139 cm³/mol. The third-order valence-corrected chi connectivity index (χ3v) is 7.23. The van der Waals surface area contributed by atoms with Gasteiger partial charge in [-0.25, -0.2) is 9.97 Å². The standard InChI is InChI=1S/C31H28N2/c1-18(2)26-17-22(16-21-11-7-8-12-23(21)26)29-27-25-15-14-20-10-6-9-13-24(20)28(25)31(4,5)30(27)33-19(3)32-29/h6-18H,1-5H3. The Morgan fingerprint density at radius 2 is 1.45 bits per heavy atom. The normalized spacial score (nSPS) is 14.1. The fourth-order valence-electron chi connectivity index (χ4n) is 5.72. The van der Waals surface area contributed by atoms with Crippen molar-refractivity contribution in [1.82, 2.24) is 9.97 Å². The summed E-state index contributed by atoms with van der Waals surface area (Å²) in [6, 6.07) is 26.6. The minimum absolute atomic E-state index is 0.189. The van der Waals surface area contributed by atoms with Gasteiger partial charge in [0, 0.05) is 16.5 Å². The van der Waals surface area contributed by atoms with Crippen LogP contribution in [0, 0.1) is 6.92 Å². The van der Waals surface area contributed by atoms with Crippen molar-refractivity contribution in [2.75, 3.05) is 0 Å². The van der Waals surface area contributed by atoms with E-state index in [0.717, 1.165) is 17.2 Å². The summed E-state index contributed by atoms with van der Waals surface area (Å²) in [4.78, 5) is 10.1. The number of hydrogen-bond donors (Lipinski definition) is 0. The number of aromatic nitrogens is 2. The van der Waals surface area contributed by atoms with Crippen molar-refractivity contribution in [3.8, 4) is 22.4 Å². The van der Waals surface area contributed by atoms with Crippen LogP contribution in [0.15, 0.2) is 72.8 Å². The lowest BCUT2D eigenvalue weighted by atomic mass is 9.82. The molecule has 0 bridgehead atoms. The molecule has 2 heteroatoms. The molecule has 0 saturated heterocycles. The van der Waals surface area contributed by atoms with Crippen molar-refractivity contribution in [3.05, 3.63) is 95.4 Å². The molecule has 1 aliphatic rings. The molecule has 6 rings (SSSR count). The fourth-order valence-corrected chi connectivity index (χ4v) is 5.72. The molecule has 0 N–H and O–H groups in total. The zero-order chi connectivity index (χ0) is 22.9. The van der Waals surface area contributed by atoms with Crippen LogP contribution in [0.2, 0.25) is 0 Å². The van der Waals surface area contributed by atoms with Crippen molar-refractivity contribution >= 4 is 21.5 Å². The first-order valence-corrected chi connectivity index (χ1v) is 11.8. The quantitative estimate of drug-likeness (QED) is 0.283. The first-order valence-electron chi connectivity index (χ1n) is 11.8. The monoisotopic (exact) mass is 428 g/mol. The molecule has 4 aromatic carbocycles. The third kappa shape index (κ3) is 2.87. The Morgan fingerprint density at radius 1 is 0.758 bits per heavy atom. The van der Waals surface area contributed by atoms with Crippen LogP contribution < -0.4 is 0 Å². The van der Waals surface area contributed by atoms with Gasteiger partial charge in [0.25, 0.3) is 0 Å². The number of rotatable bonds is 2. The van der Waals surface area contributed by atoms with Crippen LogP contribution in [0.5, 0.6) is 0 Å². The van der Waals surface area contributed by atoms with Crippen molar-refractivity contribution in [2.24, 2.45) is 0 Å². The van der Waals surface area contributed by atoms with Gasteiger partial charge >= 0.3 is 0 Å². The van der Waals surface area contributed by atoms with E-state index in [1.165, 1.54) is 49.4 Å². The predicted octanol–water partition coefficient (Wildman–Crippen LogP) is 8.19. The maximum absolute atomic E-state index is 5.06. The van der Waals surface area contributed by atoms with Gasteiger partial charge < -0.3 is 0 Å². The molecule has 0 fully saturated rings. The topological polar surface area (TPSA) is 25.8 Å². The summed E-state index contributed by atoms with van der Waals surface area (Å²) >= 11 is 0. The van der Waals surface area contributed by atoms with E-state index in [4.69, 9.17) is 9.97 Å². The van der Waals surface area contributed by atoms with Crippen LogP contribution in [0.4, 0.5) is 0 Å². The van der Waals surface area contributed by atoms with Crippen molar-refractivity contribution < 1.29 is 0 Å². The Hall–Kier alpha value is -3.52. The van der Waals surface area contributed by atoms with Gasteiger partial charge in [-0.05, 0) is 63.2 Å². The summed E-state index contributed by atoms with van der Waals surface area (Å²) < 4.78 is 0. The van der Waals surface area contributed by atoms with Crippen molar-refractivity contribution in [3.63, 3.8) is 0 Å². The fraction of sp³-hybridized carbons (Fsp3) is 0.226. The van der Waals surface area contributed by atoms with Crippen LogP contribution in [0.3, 0.4) is 0 Å². The van der Waals surface area contributed by atoms with Gasteiger partial charge in [-0.3, -0.25) is 0 Å². The molecule has 1 aliphatic carbocycles. The van der Waals surface area contributed by atoms with E-state index < -0.39 is 0 Å². The van der Waals surface area contributed by atoms with Crippen molar-refractivity contribution in [2.45, 2.75) is 46.0 Å². The lowest BCUT2D eigenvalue weighted by Gasteiger charge is -2.22. The van der Waals surface area contributed by atoms with Crippen LogP contribution in [-0.4, -0.2) is 9.97 Å². The summed E-state index contributed by atoms with van der Waals surface area (Å²) in [5.74, 6) is 1.26. The molecule has 0 aliphatic heterocycles.